The number of fused-ring (bicyclic) bond motifs is 1. The second-order valence-electron chi connectivity index (χ2n) is 4.29. The smallest absolute Gasteiger partial charge is 0.325 e. The van der Waals surface area contributed by atoms with Gasteiger partial charge in [-0.2, -0.15) is 0 Å². The minimum Gasteiger partial charge on any atom is -0.426 e. The number of halogens is 1. The molecular formula is C15H11ClO2S. The fourth-order valence-corrected chi connectivity index (χ4v) is 3.30. The highest BCUT2D eigenvalue weighted by Gasteiger charge is 2.29. The molecule has 2 aromatic rings. The molecule has 3 rings (SSSR count). The Labute approximate surface area is 120 Å². The van der Waals surface area contributed by atoms with Gasteiger partial charge in [0, 0.05) is 9.92 Å². The van der Waals surface area contributed by atoms with Gasteiger partial charge in [-0.3, -0.25) is 4.79 Å². The average Bonchev–Trinajstić information content (AvgIpc) is 2.85. The van der Waals surface area contributed by atoms with E-state index < -0.39 is 0 Å². The minimum absolute atomic E-state index is 0.159. The van der Waals surface area contributed by atoms with E-state index in [1.165, 1.54) is 10.5 Å². The molecule has 0 aliphatic carbocycles. The standard InChI is InChI=1S/C15H11ClO2S/c16-11-5-7-12(8-6-11)18-15(17)14-9-10-3-1-2-4-13(10)19-14/h1-8,14H,9H2. The number of esters is 1. The number of carbonyl (C=O) groups is 1. The maximum atomic E-state index is 12.1. The third-order valence-electron chi connectivity index (χ3n) is 2.94. The van der Waals surface area contributed by atoms with Crippen molar-refractivity contribution >= 4 is 29.3 Å². The van der Waals surface area contributed by atoms with Crippen molar-refractivity contribution in [1.82, 2.24) is 0 Å². The number of hydrogen-bond donors (Lipinski definition) is 0. The Balaban J connectivity index is 1.68. The van der Waals surface area contributed by atoms with Crippen LogP contribution in [-0.4, -0.2) is 11.2 Å². The van der Waals surface area contributed by atoms with Crippen molar-refractivity contribution in [1.29, 1.82) is 0 Å². The van der Waals surface area contributed by atoms with Gasteiger partial charge in [0.1, 0.15) is 11.0 Å². The average molecular weight is 291 g/mol. The van der Waals surface area contributed by atoms with E-state index in [9.17, 15) is 4.79 Å². The summed E-state index contributed by atoms with van der Waals surface area (Å²) in [6.45, 7) is 0. The molecule has 96 valence electrons. The first kappa shape index (κ1) is 12.6. The van der Waals surface area contributed by atoms with Crippen LogP contribution in [0.1, 0.15) is 5.56 Å². The number of ether oxygens (including phenoxy) is 1. The summed E-state index contributed by atoms with van der Waals surface area (Å²) < 4.78 is 5.37. The lowest BCUT2D eigenvalue weighted by atomic mass is 10.1. The summed E-state index contributed by atoms with van der Waals surface area (Å²) in [7, 11) is 0. The normalized spacial score (nSPS) is 17.0. The molecule has 2 nitrogen and oxygen atoms in total. The lowest BCUT2D eigenvalue weighted by molar-refractivity contribution is -0.133. The molecule has 19 heavy (non-hydrogen) atoms. The molecule has 1 aliphatic rings. The first-order valence-electron chi connectivity index (χ1n) is 5.94. The third-order valence-corrected chi connectivity index (χ3v) is 4.49. The highest BCUT2D eigenvalue weighted by molar-refractivity contribution is 8.01. The van der Waals surface area contributed by atoms with Gasteiger partial charge >= 0.3 is 5.97 Å². The molecule has 0 saturated heterocycles. The lowest BCUT2D eigenvalue weighted by Gasteiger charge is -2.08. The second kappa shape index (κ2) is 5.27. The molecule has 0 fully saturated rings. The zero-order valence-corrected chi connectivity index (χ0v) is 11.6. The molecule has 0 bridgehead atoms. The van der Waals surface area contributed by atoms with Crippen LogP contribution in [-0.2, 0) is 11.2 Å². The number of rotatable bonds is 2. The molecule has 0 spiro atoms. The predicted octanol–water partition coefficient (Wildman–Crippen LogP) is 3.96. The Hall–Kier alpha value is -1.45. The van der Waals surface area contributed by atoms with Crippen LogP contribution in [0.5, 0.6) is 5.75 Å². The maximum absolute atomic E-state index is 12.1. The predicted molar refractivity (Wildman–Crippen MR) is 76.9 cm³/mol. The Bertz CT molecular complexity index is 585. The van der Waals surface area contributed by atoms with Crippen molar-refractivity contribution in [2.75, 3.05) is 0 Å². The Morgan fingerprint density at radius 3 is 2.63 bits per heavy atom. The second-order valence-corrected chi connectivity index (χ2v) is 5.97. The van der Waals surface area contributed by atoms with Crippen molar-refractivity contribution in [3.05, 3.63) is 59.1 Å². The van der Waals surface area contributed by atoms with E-state index in [4.69, 9.17) is 16.3 Å². The quantitative estimate of drug-likeness (QED) is 0.618. The van der Waals surface area contributed by atoms with Gasteiger partial charge < -0.3 is 4.74 Å². The molecule has 1 heterocycles. The first-order chi connectivity index (χ1) is 9.22. The van der Waals surface area contributed by atoms with E-state index in [2.05, 4.69) is 6.07 Å². The van der Waals surface area contributed by atoms with Crippen LogP contribution in [0.2, 0.25) is 5.02 Å². The summed E-state index contributed by atoms with van der Waals surface area (Å²) in [5.41, 5.74) is 1.21. The van der Waals surface area contributed by atoms with Crippen LogP contribution >= 0.6 is 23.4 Å². The van der Waals surface area contributed by atoms with E-state index in [0.29, 0.717) is 10.8 Å². The van der Waals surface area contributed by atoms with Crippen LogP contribution < -0.4 is 4.74 Å². The zero-order chi connectivity index (χ0) is 13.2. The van der Waals surface area contributed by atoms with E-state index in [1.54, 1.807) is 36.0 Å². The number of thioether (sulfide) groups is 1. The largest absolute Gasteiger partial charge is 0.426 e. The minimum atomic E-state index is -0.205. The van der Waals surface area contributed by atoms with Crippen LogP contribution in [0.3, 0.4) is 0 Å². The Morgan fingerprint density at radius 2 is 1.89 bits per heavy atom. The monoisotopic (exact) mass is 290 g/mol. The number of hydrogen-bond acceptors (Lipinski definition) is 3. The fraction of sp³-hybridized carbons (Fsp3) is 0.133. The molecule has 0 saturated carbocycles. The van der Waals surface area contributed by atoms with Crippen LogP contribution in [0.4, 0.5) is 0 Å². The van der Waals surface area contributed by atoms with Crippen molar-refractivity contribution < 1.29 is 9.53 Å². The first-order valence-corrected chi connectivity index (χ1v) is 7.20. The summed E-state index contributed by atoms with van der Waals surface area (Å²) in [5.74, 6) is 0.328. The van der Waals surface area contributed by atoms with Gasteiger partial charge in [0.2, 0.25) is 0 Å². The van der Waals surface area contributed by atoms with Gasteiger partial charge in [0.05, 0.1) is 0 Å². The molecule has 0 radical (unpaired) electrons. The molecule has 2 aromatic carbocycles. The van der Waals surface area contributed by atoms with Crippen LogP contribution in [0, 0.1) is 0 Å². The third kappa shape index (κ3) is 2.77. The lowest BCUT2D eigenvalue weighted by Crippen LogP contribution is -2.22. The van der Waals surface area contributed by atoms with E-state index >= 15 is 0 Å². The Morgan fingerprint density at radius 1 is 1.16 bits per heavy atom. The highest BCUT2D eigenvalue weighted by atomic mass is 35.5. The summed E-state index contributed by atoms with van der Waals surface area (Å²) in [4.78, 5) is 13.3. The highest BCUT2D eigenvalue weighted by Crippen LogP contribution is 2.37. The summed E-state index contributed by atoms with van der Waals surface area (Å²) >= 11 is 7.36. The molecule has 1 unspecified atom stereocenters. The van der Waals surface area contributed by atoms with Gasteiger partial charge in [0.15, 0.2) is 0 Å². The molecule has 1 atom stereocenters. The van der Waals surface area contributed by atoms with Gasteiger partial charge in [-0.25, -0.2) is 0 Å². The van der Waals surface area contributed by atoms with Crippen molar-refractivity contribution in [2.45, 2.75) is 16.6 Å². The summed E-state index contributed by atoms with van der Waals surface area (Å²) in [6.07, 6.45) is 0.729. The van der Waals surface area contributed by atoms with Crippen LogP contribution in [0.25, 0.3) is 0 Å². The molecule has 1 aliphatic heterocycles. The molecule has 0 N–H and O–H groups in total. The summed E-state index contributed by atoms with van der Waals surface area (Å²) in [5, 5.41) is 0.468. The maximum Gasteiger partial charge on any atom is 0.325 e. The number of carbonyl (C=O) groups excluding carboxylic acids is 1. The molecule has 0 amide bonds. The van der Waals surface area contributed by atoms with Gasteiger partial charge in [-0.15, -0.1) is 11.8 Å². The zero-order valence-electron chi connectivity index (χ0n) is 10.0. The van der Waals surface area contributed by atoms with Crippen molar-refractivity contribution in [2.24, 2.45) is 0 Å². The van der Waals surface area contributed by atoms with Crippen molar-refractivity contribution in [3.63, 3.8) is 0 Å². The van der Waals surface area contributed by atoms with Crippen LogP contribution in [0.15, 0.2) is 53.4 Å². The fourth-order valence-electron chi connectivity index (χ4n) is 2.00. The van der Waals surface area contributed by atoms with Gasteiger partial charge in [-0.1, -0.05) is 29.8 Å². The van der Waals surface area contributed by atoms with E-state index in [1.807, 2.05) is 18.2 Å². The Kier molecular flexibility index (Phi) is 3.49. The van der Waals surface area contributed by atoms with Crippen molar-refractivity contribution in [3.8, 4) is 5.75 Å². The molecular weight excluding hydrogens is 280 g/mol. The summed E-state index contributed by atoms with van der Waals surface area (Å²) in [6, 6.07) is 14.9. The SMILES string of the molecule is O=C(Oc1ccc(Cl)cc1)C1Cc2ccccc2S1. The van der Waals surface area contributed by atoms with Gasteiger partial charge in [0.25, 0.3) is 0 Å². The van der Waals surface area contributed by atoms with E-state index in [-0.39, 0.29) is 11.2 Å². The van der Waals surface area contributed by atoms with E-state index in [0.717, 1.165) is 6.42 Å². The molecule has 0 aromatic heterocycles. The molecule has 4 heteroatoms. The topological polar surface area (TPSA) is 26.3 Å². The van der Waals surface area contributed by atoms with Gasteiger partial charge in [-0.05, 0) is 42.3 Å². The number of benzene rings is 2.